The summed E-state index contributed by atoms with van der Waals surface area (Å²) in [5.74, 6) is 0. The Morgan fingerprint density at radius 2 is 2.16 bits per heavy atom. The van der Waals surface area contributed by atoms with Gasteiger partial charge in [-0.25, -0.2) is 0 Å². The Balaban J connectivity index is 1.70. The predicted octanol–water partition coefficient (Wildman–Crippen LogP) is 0.670. The minimum Gasteiger partial charge on any atom is -0.388 e. The van der Waals surface area contributed by atoms with E-state index in [0.29, 0.717) is 36.0 Å². The molecule has 1 aliphatic carbocycles. The van der Waals surface area contributed by atoms with E-state index in [9.17, 15) is 9.90 Å². The van der Waals surface area contributed by atoms with Crippen LogP contribution in [0.15, 0.2) is 29.2 Å². The largest absolute Gasteiger partial charge is 0.388 e. The Morgan fingerprint density at radius 3 is 2.80 bits per heavy atom. The predicted molar refractivity (Wildman–Crippen MR) is 90.8 cm³/mol. The average molecular weight is 340 g/mol. The molecule has 4 heterocycles. The van der Waals surface area contributed by atoms with Gasteiger partial charge < -0.3 is 20.1 Å². The van der Waals surface area contributed by atoms with Crippen LogP contribution in [0.4, 0.5) is 0 Å². The molecule has 0 aromatic carbocycles. The zero-order valence-corrected chi connectivity index (χ0v) is 13.8. The first-order chi connectivity index (χ1) is 11.9. The summed E-state index contributed by atoms with van der Waals surface area (Å²) in [6, 6.07) is 6.71. The Morgan fingerprint density at radius 1 is 1.40 bits per heavy atom. The summed E-state index contributed by atoms with van der Waals surface area (Å²) in [4.78, 5) is 16.6. The quantitative estimate of drug-likeness (QED) is 0.849. The summed E-state index contributed by atoms with van der Waals surface area (Å²) in [5, 5.41) is 20.0. The molecule has 3 aliphatic rings. The van der Waals surface area contributed by atoms with Gasteiger partial charge in [-0.3, -0.25) is 9.78 Å². The van der Waals surface area contributed by atoms with E-state index in [0.717, 1.165) is 12.8 Å². The van der Waals surface area contributed by atoms with Crippen LogP contribution in [0.25, 0.3) is 11.0 Å². The minimum atomic E-state index is -0.827. The van der Waals surface area contributed by atoms with Crippen molar-refractivity contribution in [2.75, 3.05) is 6.61 Å². The van der Waals surface area contributed by atoms with Crippen LogP contribution in [0.5, 0.6) is 0 Å². The van der Waals surface area contributed by atoms with Crippen LogP contribution in [-0.2, 0) is 11.3 Å². The maximum atomic E-state index is 12.4. The summed E-state index contributed by atoms with van der Waals surface area (Å²) in [7, 11) is 0. The highest BCUT2D eigenvalue weighted by atomic mass is 16.5. The van der Waals surface area contributed by atoms with Crippen molar-refractivity contribution in [1.29, 1.82) is 5.26 Å². The number of nitrogens with zero attached hydrogens (tertiary/aromatic N) is 3. The maximum Gasteiger partial charge on any atom is 0.251 e. The van der Waals surface area contributed by atoms with E-state index in [1.165, 1.54) is 16.8 Å². The lowest BCUT2D eigenvalue weighted by Crippen LogP contribution is -2.64. The van der Waals surface area contributed by atoms with Gasteiger partial charge in [-0.05, 0) is 37.8 Å². The number of fused-ring (bicyclic) bond motifs is 4. The Labute approximate surface area is 144 Å². The van der Waals surface area contributed by atoms with Gasteiger partial charge in [-0.1, -0.05) is 0 Å². The number of aliphatic hydroxyl groups is 1. The molecule has 2 aromatic rings. The zero-order chi connectivity index (χ0) is 17.7. The summed E-state index contributed by atoms with van der Waals surface area (Å²) in [5.41, 5.74) is 6.60. The molecule has 1 atom stereocenters. The molecule has 25 heavy (non-hydrogen) atoms. The first-order valence-corrected chi connectivity index (χ1v) is 8.45. The molecule has 7 heteroatoms. The number of aromatic nitrogens is 2. The van der Waals surface area contributed by atoms with Gasteiger partial charge in [0.1, 0.15) is 12.2 Å². The van der Waals surface area contributed by atoms with Gasteiger partial charge in [0, 0.05) is 17.8 Å². The van der Waals surface area contributed by atoms with E-state index >= 15 is 0 Å². The van der Waals surface area contributed by atoms with Gasteiger partial charge in [0.15, 0.2) is 0 Å². The molecule has 2 saturated heterocycles. The molecule has 1 unspecified atom stereocenters. The van der Waals surface area contributed by atoms with Crippen molar-refractivity contribution in [1.82, 2.24) is 9.55 Å². The second-order valence-electron chi connectivity index (χ2n) is 7.25. The number of pyridine rings is 2. The van der Waals surface area contributed by atoms with Crippen molar-refractivity contribution < 1.29 is 9.84 Å². The van der Waals surface area contributed by atoms with Gasteiger partial charge in [-0.2, -0.15) is 5.26 Å². The van der Waals surface area contributed by atoms with Crippen molar-refractivity contribution in [3.63, 3.8) is 0 Å². The molecule has 3 fully saturated rings. The molecular formula is C18H20N4O3. The highest BCUT2D eigenvalue weighted by molar-refractivity contribution is 5.75. The second kappa shape index (κ2) is 5.63. The molecule has 3 N–H and O–H groups in total. The van der Waals surface area contributed by atoms with Crippen molar-refractivity contribution in [3.8, 4) is 6.07 Å². The van der Waals surface area contributed by atoms with Crippen LogP contribution in [0, 0.1) is 11.3 Å². The number of nitrogens with two attached hydrogens (primary N) is 1. The lowest BCUT2D eigenvalue weighted by molar-refractivity contribution is -0.204. The van der Waals surface area contributed by atoms with E-state index < -0.39 is 11.7 Å². The van der Waals surface area contributed by atoms with Crippen molar-refractivity contribution >= 4 is 11.0 Å². The third kappa shape index (κ3) is 2.63. The molecule has 2 aromatic heterocycles. The van der Waals surface area contributed by atoms with Gasteiger partial charge in [0.2, 0.25) is 0 Å². The highest BCUT2D eigenvalue weighted by Crippen LogP contribution is 2.44. The summed E-state index contributed by atoms with van der Waals surface area (Å²) < 4.78 is 7.42. The van der Waals surface area contributed by atoms with Gasteiger partial charge >= 0.3 is 0 Å². The maximum absolute atomic E-state index is 12.4. The molecule has 0 amide bonds. The fraction of sp³-hybridized carbons (Fsp3) is 0.500. The molecule has 2 aliphatic heterocycles. The van der Waals surface area contributed by atoms with Crippen molar-refractivity contribution in [3.05, 3.63) is 40.3 Å². The van der Waals surface area contributed by atoms with E-state index in [-0.39, 0.29) is 17.6 Å². The number of ether oxygens (including phenoxy) is 1. The fourth-order valence-electron chi connectivity index (χ4n) is 3.93. The molecule has 0 spiro atoms. The van der Waals surface area contributed by atoms with Crippen molar-refractivity contribution in [2.24, 2.45) is 5.73 Å². The molecule has 5 rings (SSSR count). The molecule has 1 saturated carbocycles. The smallest absolute Gasteiger partial charge is 0.251 e. The highest BCUT2D eigenvalue weighted by Gasteiger charge is 2.51. The van der Waals surface area contributed by atoms with Crippen LogP contribution in [-0.4, -0.2) is 38.5 Å². The second-order valence-corrected chi connectivity index (χ2v) is 7.25. The number of hydrogen-bond acceptors (Lipinski definition) is 6. The van der Waals surface area contributed by atoms with Crippen LogP contribution >= 0.6 is 0 Å². The normalized spacial score (nSPS) is 29.5. The summed E-state index contributed by atoms with van der Waals surface area (Å²) >= 11 is 0. The van der Waals surface area contributed by atoms with Gasteiger partial charge in [0.25, 0.3) is 5.56 Å². The number of hydrogen-bond donors (Lipinski definition) is 2. The number of nitriles is 1. The van der Waals surface area contributed by atoms with Crippen LogP contribution < -0.4 is 11.3 Å². The molecule has 7 nitrogen and oxygen atoms in total. The lowest BCUT2D eigenvalue weighted by Gasteiger charge is -2.53. The van der Waals surface area contributed by atoms with Crippen LogP contribution in [0.1, 0.15) is 31.2 Å². The SMILES string of the molecule is N#Cc1cnc2ccc(=O)n(CC(O)C34CCC(N)(CC3)CO4)c2c1. The number of rotatable bonds is 3. The Bertz CT molecular complexity index is 906. The van der Waals surface area contributed by atoms with E-state index in [2.05, 4.69) is 4.98 Å². The third-order valence-electron chi connectivity index (χ3n) is 5.67. The van der Waals surface area contributed by atoms with Crippen LogP contribution in [0.3, 0.4) is 0 Å². The standard InChI is InChI=1S/C18H20N4O3/c19-8-12-7-14-13(21-9-12)1-2-16(24)22(14)10-15(23)18-5-3-17(20,4-6-18)11-25-18/h1-2,7,9,15,23H,3-6,10-11,20H2. The summed E-state index contributed by atoms with van der Waals surface area (Å²) in [6.07, 6.45) is 3.64. The third-order valence-corrected chi connectivity index (χ3v) is 5.67. The average Bonchev–Trinajstić information content (AvgIpc) is 2.64. The summed E-state index contributed by atoms with van der Waals surface area (Å²) in [6.45, 7) is 0.541. The van der Waals surface area contributed by atoms with Gasteiger partial charge in [-0.15, -0.1) is 0 Å². The topological polar surface area (TPSA) is 114 Å². The van der Waals surface area contributed by atoms with E-state index in [1.54, 1.807) is 12.1 Å². The molecule has 2 bridgehead atoms. The van der Waals surface area contributed by atoms with Gasteiger partial charge in [0.05, 0.1) is 35.3 Å². The Hall–Kier alpha value is -2.27. The fourth-order valence-corrected chi connectivity index (χ4v) is 3.93. The zero-order valence-electron chi connectivity index (χ0n) is 13.8. The molecular weight excluding hydrogens is 320 g/mol. The first-order valence-electron chi connectivity index (χ1n) is 8.45. The molecule has 130 valence electrons. The number of aliphatic hydroxyl groups excluding tert-OH is 1. The van der Waals surface area contributed by atoms with Crippen molar-refractivity contribution in [2.45, 2.75) is 49.5 Å². The van der Waals surface area contributed by atoms with E-state index in [4.69, 9.17) is 15.7 Å². The van der Waals surface area contributed by atoms with E-state index in [1.807, 2.05) is 6.07 Å². The monoisotopic (exact) mass is 340 g/mol. The Kier molecular flexibility index (Phi) is 3.65. The molecule has 0 radical (unpaired) electrons. The van der Waals surface area contributed by atoms with Crippen LogP contribution in [0.2, 0.25) is 0 Å². The lowest BCUT2D eigenvalue weighted by atomic mass is 9.69. The minimum absolute atomic E-state index is 0.101. The first kappa shape index (κ1) is 16.2.